The van der Waals surface area contributed by atoms with E-state index in [-0.39, 0.29) is 5.92 Å². The molecular weight excluding hydrogens is 264 g/mol. The van der Waals surface area contributed by atoms with Crippen LogP contribution in [0.1, 0.15) is 32.6 Å². The van der Waals surface area contributed by atoms with Crippen LogP contribution in [0.15, 0.2) is 0 Å². The number of carbonyl (C=O) groups excluding carboxylic acids is 4. The normalized spacial score (nSPS) is 29.4. The SMILES string of the molecule is C[C@@H]1CCCC[C@]12NC(=O)N(CC(=O)NC(N)=O)C2=O. The number of nitrogens with zero attached hydrogens (tertiary/aromatic N) is 1. The zero-order valence-corrected chi connectivity index (χ0v) is 11.3. The van der Waals surface area contributed by atoms with E-state index in [1.165, 1.54) is 0 Å². The summed E-state index contributed by atoms with van der Waals surface area (Å²) in [7, 11) is 0. The minimum absolute atomic E-state index is 0.0249. The van der Waals surface area contributed by atoms with Crippen LogP contribution in [0.2, 0.25) is 0 Å². The first kappa shape index (κ1) is 14.3. The Balaban J connectivity index is 2.12. The maximum atomic E-state index is 12.5. The molecular formula is C12H18N4O4. The number of amides is 6. The zero-order valence-electron chi connectivity index (χ0n) is 11.3. The first-order valence-corrected chi connectivity index (χ1v) is 6.60. The molecule has 1 aliphatic heterocycles. The number of carbonyl (C=O) groups is 4. The van der Waals surface area contributed by atoms with Gasteiger partial charge in [0.05, 0.1) is 0 Å². The fourth-order valence-electron chi connectivity index (χ4n) is 2.96. The quantitative estimate of drug-likeness (QED) is 0.601. The summed E-state index contributed by atoms with van der Waals surface area (Å²) in [5.74, 6) is -1.15. The van der Waals surface area contributed by atoms with Crippen molar-refractivity contribution >= 4 is 23.9 Å². The molecule has 8 heteroatoms. The van der Waals surface area contributed by atoms with Crippen molar-refractivity contribution in [1.29, 1.82) is 0 Å². The van der Waals surface area contributed by atoms with Gasteiger partial charge in [-0.3, -0.25) is 19.8 Å². The predicted molar refractivity (Wildman–Crippen MR) is 68.3 cm³/mol. The summed E-state index contributed by atoms with van der Waals surface area (Å²) in [6.07, 6.45) is 3.31. The lowest BCUT2D eigenvalue weighted by atomic mass is 9.73. The minimum atomic E-state index is -1.01. The Bertz CT molecular complexity index is 478. The van der Waals surface area contributed by atoms with E-state index in [0.29, 0.717) is 6.42 Å². The molecule has 2 fully saturated rings. The highest BCUT2D eigenvalue weighted by atomic mass is 16.2. The molecule has 110 valence electrons. The topological polar surface area (TPSA) is 122 Å². The molecule has 0 unspecified atom stereocenters. The monoisotopic (exact) mass is 282 g/mol. The van der Waals surface area contributed by atoms with Gasteiger partial charge in [0.1, 0.15) is 12.1 Å². The van der Waals surface area contributed by atoms with Crippen LogP contribution < -0.4 is 16.4 Å². The number of nitrogens with one attached hydrogen (secondary N) is 2. The van der Waals surface area contributed by atoms with E-state index in [1.807, 2.05) is 12.2 Å². The molecule has 0 aromatic carbocycles. The van der Waals surface area contributed by atoms with Gasteiger partial charge in [-0.05, 0) is 18.8 Å². The first-order valence-electron chi connectivity index (χ1n) is 6.60. The van der Waals surface area contributed by atoms with Gasteiger partial charge in [-0.1, -0.05) is 19.8 Å². The van der Waals surface area contributed by atoms with Crippen LogP contribution in [0.25, 0.3) is 0 Å². The van der Waals surface area contributed by atoms with Crippen LogP contribution in [0, 0.1) is 5.92 Å². The lowest BCUT2D eigenvalue weighted by molar-refractivity contribution is -0.137. The third-order valence-electron chi connectivity index (χ3n) is 4.07. The van der Waals surface area contributed by atoms with Crippen LogP contribution in [-0.2, 0) is 9.59 Å². The number of nitrogens with two attached hydrogens (primary N) is 1. The molecule has 2 atom stereocenters. The van der Waals surface area contributed by atoms with Crippen LogP contribution in [0.5, 0.6) is 0 Å². The number of rotatable bonds is 2. The van der Waals surface area contributed by atoms with E-state index in [1.54, 1.807) is 0 Å². The van der Waals surface area contributed by atoms with Crippen molar-refractivity contribution in [3.05, 3.63) is 0 Å². The molecule has 1 heterocycles. The van der Waals surface area contributed by atoms with E-state index in [0.717, 1.165) is 24.2 Å². The zero-order chi connectivity index (χ0) is 14.9. The lowest BCUT2D eigenvalue weighted by Gasteiger charge is -2.36. The molecule has 0 radical (unpaired) electrons. The molecule has 0 bridgehead atoms. The first-order chi connectivity index (χ1) is 9.36. The lowest BCUT2D eigenvalue weighted by Crippen LogP contribution is -2.54. The Morgan fingerprint density at radius 3 is 2.75 bits per heavy atom. The summed E-state index contributed by atoms with van der Waals surface area (Å²) in [6, 6.07) is -1.61. The number of hydrogen-bond donors (Lipinski definition) is 3. The fraction of sp³-hybridized carbons (Fsp3) is 0.667. The number of imide groups is 2. The molecule has 1 saturated carbocycles. The Hall–Kier alpha value is -2.12. The van der Waals surface area contributed by atoms with E-state index in [4.69, 9.17) is 5.73 Å². The van der Waals surface area contributed by atoms with Gasteiger partial charge in [0.15, 0.2) is 0 Å². The van der Waals surface area contributed by atoms with Crippen molar-refractivity contribution in [2.75, 3.05) is 6.54 Å². The Morgan fingerprint density at radius 2 is 2.15 bits per heavy atom. The molecule has 0 aromatic rings. The third kappa shape index (κ3) is 2.33. The van der Waals surface area contributed by atoms with E-state index in [9.17, 15) is 19.2 Å². The van der Waals surface area contributed by atoms with Gasteiger partial charge in [-0.2, -0.15) is 0 Å². The summed E-state index contributed by atoms with van der Waals surface area (Å²) in [4.78, 5) is 47.3. The van der Waals surface area contributed by atoms with Gasteiger partial charge < -0.3 is 11.1 Å². The van der Waals surface area contributed by atoms with Gasteiger partial charge in [0.2, 0.25) is 5.91 Å². The van der Waals surface area contributed by atoms with Gasteiger partial charge >= 0.3 is 12.1 Å². The standard InChI is InChI=1S/C12H18N4O4/c1-7-4-2-3-5-12(7)9(18)16(11(20)15-12)6-8(17)14-10(13)19/h7H,2-6H2,1H3,(H,15,20)(H3,13,14,17,19)/t7-,12+/m1/s1. The average Bonchev–Trinajstić information content (AvgIpc) is 2.58. The van der Waals surface area contributed by atoms with Crippen LogP contribution in [-0.4, -0.2) is 40.9 Å². The molecule has 1 aliphatic carbocycles. The van der Waals surface area contributed by atoms with Crippen molar-refractivity contribution in [2.45, 2.75) is 38.1 Å². The van der Waals surface area contributed by atoms with Crippen LogP contribution in [0.3, 0.4) is 0 Å². The van der Waals surface area contributed by atoms with Crippen molar-refractivity contribution in [2.24, 2.45) is 11.7 Å². The highest BCUT2D eigenvalue weighted by Gasteiger charge is 2.55. The molecule has 0 aromatic heterocycles. The van der Waals surface area contributed by atoms with Crippen molar-refractivity contribution < 1.29 is 19.2 Å². The van der Waals surface area contributed by atoms with Crippen molar-refractivity contribution in [3.8, 4) is 0 Å². The second kappa shape index (κ2) is 5.10. The smallest absolute Gasteiger partial charge is 0.325 e. The van der Waals surface area contributed by atoms with Crippen LogP contribution >= 0.6 is 0 Å². The molecule has 2 aliphatic rings. The number of hydrogen-bond acceptors (Lipinski definition) is 4. The van der Waals surface area contributed by atoms with E-state index in [2.05, 4.69) is 5.32 Å². The van der Waals surface area contributed by atoms with Gasteiger partial charge in [0.25, 0.3) is 5.91 Å². The molecule has 4 N–H and O–H groups in total. The summed E-state index contributed by atoms with van der Waals surface area (Å²) in [5.41, 5.74) is 3.92. The fourth-order valence-corrected chi connectivity index (χ4v) is 2.96. The maximum absolute atomic E-state index is 12.5. The summed E-state index contributed by atoms with van der Waals surface area (Å²) in [6.45, 7) is 1.42. The Labute approximate surface area is 116 Å². The second-order valence-corrected chi connectivity index (χ2v) is 5.35. The molecule has 1 saturated heterocycles. The maximum Gasteiger partial charge on any atom is 0.325 e. The summed E-state index contributed by atoms with van der Waals surface area (Å²) in [5, 5.41) is 4.56. The largest absolute Gasteiger partial charge is 0.351 e. The molecule has 8 nitrogen and oxygen atoms in total. The van der Waals surface area contributed by atoms with E-state index >= 15 is 0 Å². The molecule has 2 rings (SSSR count). The van der Waals surface area contributed by atoms with E-state index < -0.39 is 36.0 Å². The predicted octanol–water partition coefficient (Wildman–Crippen LogP) is -0.318. The van der Waals surface area contributed by atoms with Crippen LogP contribution in [0.4, 0.5) is 9.59 Å². The number of primary amides is 1. The minimum Gasteiger partial charge on any atom is -0.351 e. The molecule has 20 heavy (non-hydrogen) atoms. The third-order valence-corrected chi connectivity index (χ3v) is 4.07. The Kier molecular flexibility index (Phi) is 3.65. The summed E-state index contributed by atoms with van der Waals surface area (Å²) < 4.78 is 0. The van der Waals surface area contributed by atoms with Gasteiger partial charge in [-0.25, -0.2) is 9.59 Å². The highest BCUT2D eigenvalue weighted by molar-refractivity contribution is 6.10. The Morgan fingerprint density at radius 1 is 1.45 bits per heavy atom. The second-order valence-electron chi connectivity index (χ2n) is 5.35. The number of urea groups is 2. The van der Waals surface area contributed by atoms with Crippen molar-refractivity contribution in [1.82, 2.24) is 15.5 Å². The highest BCUT2D eigenvalue weighted by Crippen LogP contribution is 2.37. The van der Waals surface area contributed by atoms with Gasteiger partial charge in [0, 0.05) is 0 Å². The molecule has 1 spiro atoms. The van der Waals surface area contributed by atoms with Crippen molar-refractivity contribution in [3.63, 3.8) is 0 Å². The van der Waals surface area contributed by atoms with Gasteiger partial charge in [-0.15, -0.1) is 0 Å². The summed E-state index contributed by atoms with van der Waals surface area (Å²) >= 11 is 0. The average molecular weight is 282 g/mol. The molecule has 6 amide bonds.